The fourth-order valence-corrected chi connectivity index (χ4v) is 3.07. The van der Waals surface area contributed by atoms with Gasteiger partial charge in [0.1, 0.15) is 5.82 Å². The van der Waals surface area contributed by atoms with Crippen LogP contribution in [0.3, 0.4) is 0 Å². The van der Waals surface area contributed by atoms with E-state index >= 15 is 0 Å². The Labute approximate surface area is 149 Å². The molecule has 5 heteroatoms. The highest BCUT2D eigenvalue weighted by Gasteiger charge is 2.22. The number of anilines is 1. The maximum atomic E-state index is 12.6. The normalized spacial score (nSPS) is 15.2. The van der Waals surface area contributed by atoms with Crippen molar-refractivity contribution >= 4 is 11.7 Å². The number of hydrogen-bond donors (Lipinski definition) is 0. The Morgan fingerprint density at radius 2 is 1.76 bits per heavy atom. The molecule has 2 heterocycles. The van der Waals surface area contributed by atoms with Crippen LogP contribution in [-0.4, -0.2) is 67.5 Å². The number of amides is 1. The first-order valence-corrected chi connectivity index (χ1v) is 8.82. The second-order valence-corrected chi connectivity index (χ2v) is 6.67. The molecule has 1 aromatic heterocycles. The standard InChI is InChI=1S/C20H26N4O/c1-22(2)19-9-8-18(16-21-19)20(25)24-14-12-23(13-15-24)11-10-17-6-4-3-5-7-17/h3-9,16H,10-15H2,1-2H3. The number of pyridine rings is 1. The van der Waals surface area contributed by atoms with Gasteiger partial charge in [0.25, 0.3) is 5.91 Å². The van der Waals surface area contributed by atoms with E-state index in [1.165, 1.54) is 5.56 Å². The minimum Gasteiger partial charge on any atom is -0.363 e. The average molecular weight is 338 g/mol. The van der Waals surface area contributed by atoms with Crippen LogP contribution >= 0.6 is 0 Å². The van der Waals surface area contributed by atoms with Crippen LogP contribution in [-0.2, 0) is 6.42 Å². The third kappa shape index (κ3) is 4.57. The van der Waals surface area contributed by atoms with E-state index in [4.69, 9.17) is 0 Å². The Morgan fingerprint density at radius 3 is 2.36 bits per heavy atom. The van der Waals surface area contributed by atoms with E-state index < -0.39 is 0 Å². The fraction of sp³-hybridized carbons (Fsp3) is 0.400. The second-order valence-electron chi connectivity index (χ2n) is 6.67. The summed E-state index contributed by atoms with van der Waals surface area (Å²) in [5.74, 6) is 0.947. The van der Waals surface area contributed by atoms with Crippen LogP contribution < -0.4 is 4.90 Å². The Balaban J connectivity index is 1.49. The zero-order chi connectivity index (χ0) is 17.6. The van der Waals surface area contributed by atoms with Crippen LogP contribution in [0.2, 0.25) is 0 Å². The molecular weight excluding hydrogens is 312 g/mol. The maximum absolute atomic E-state index is 12.6. The lowest BCUT2D eigenvalue weighted by Gasteiger charge is -2.34. The van der Waals surface area contributed by atoms with E-state index in [1.54, 1.807) is 6.20 Å². The molecule has 2 aromatic rings. The van der Waals surface area contributed by atoms with Crippen molar-refractivity contribution in [3.05, 3.63) is 59.8 Å². The van der Waals surface area contributed by atoms with E-state index in [2.05, 4.69) is 34.1 Å². The van der Waals surface area contributed by atoms with Crippen molar-refractivity contribution in [3.8, 4) is 0 Å². The highest BCUT2D eigenvalue weighted by atomic mass is 16.2. The summed E-state index contributed by atoms with van der Waals surface area (Å²) < 4.78 is 0. The smallest absolute Gasteiger partial charge is 0.255 e. The molecule has 0 spiro atoms. The maximum Gasteiger partial charge on any atom is 0.255 e. The molecule has 0 unspecified atom stereocenters. The molecule has 1 aliphatic rings. The first kappa shape index (κ1) is 17.4. The molecule has 0 N–H and O–H groups in total. The summed E-state index contributed by atoms with van der Waals surface area (Å²) in [6, 6.07) is 14.3. The van der Waals surface area contributed by atoms with Gasteiger partial charge in [-0.1, -0.05) is 30.3 Å². The number of carbonyl (C=O) groups is 1. The van der Waals surface area contributed by atoms with E-state index in [1.807, 2.05) is 42.1 Å². The predicted molar refractivity (Wildman–Crippen MR) is 101 cm³/mol. The number of hydrogen-bond acceptors (Lipinski definition) is 4. The molecule has 3 rings (SSSR count). The number of aromatic nitrogens is 1. The minimum absolute atomic E-state index is 0.0838. The van der Waals surface area contributed by atoms with Gasteiger partial charge in [0.15, 0.2) is 0 Å². The minimum atomic E-state index is 0.0838. The Kier molecular flexibility index (Phi) is 5.66. The molecule has 1 aliphatic heterocycles. The number of rotatable bonds is 5. The lowest BCUT2D eigenvalue weighted by molar-refractivity contribution is 0.0638. The van der Waals surface area contributed by atoms with Gasteiger partial charge in [0.05, 0.1) is 5.56 Å². The van der Waals surface area contributed by atoms with Gasteiger partial charge in [0, 0.05) is 53.0 Å². The number of carbonyl (C=O) groups excluding carboxylic acids is 1. The zero-order valence-electron chi connectivity index (χ0n) is 15.1. The monoisotopic (exact) mass is 338 g/mol. The topological polar surface area (TPSA) is 39.7 Å². The van der Waals surface area contributed by atoms with Gasteiger partial charge in [-0.05, 0) is 24.1 Å². The highest BCUT2D eigenvalue weighted by Crippen LogP contribution is 2.12. The van der Waals surface area contributed by atoms with Crippen molar-refractivity contribution in [1.82, 2.24) is 14.8 Å². The largest absolute Gasteiger partial charge is 0.363 e. The molecule has 0 radical (unpaired) electrons. The lowest BCUT2D eigenvalue weighted by atomic mass is 10.1. The van der Waals surface area contributed by atoms with Gasteiger partial charge >= 0.3 is 0 Å². The van der Waals surface area contributed by atoms with Gasteiger partial charge in [-0.15, -0.1) is 0 Å². The Bertz CT molecular complexity index is 677. The van der Waals surface area contributed by atoms with Crippen molar-refractivity contribution in [2.45, 2.75) is 6.42 Å². The lowest BCUT2D eigenvalue weighted by Crippen LogP contribution is -2.49. The molecule has 132 valence electrons. The average Bonchev–Trinajstić information content (AvgIpc) is 2.67. The summed E-state index contributed by atoms with van der Waals surface area (Å²) in [4.78, 5) is 23.3. The van der Waals surface area contributed by atoms with Gasteiger partial charge in [-0.25, -0.2) is 4.98 Å². The quantitative estimate of drug-likeness (QED) is 0.837. The van der Waals surface area contributed by atoms with E-state index in [9.17, 15) is 4.79 Å². The SMILES string of the molecule is CN(C)c1ccc(C(=O)N2CCN(CCc3ccccc3)CC2)cn1. The van der Waals surface area contributed by atoms with Gasteiger partial charge in [-0.3, -0.25) is 9.69 Å². The summed E-state index contributed by atoms with van der Waals surface area (Å²) in [5.41, 5.74) is 2.04. The van der Waals surface area contributed by atoms with Crippen LogP contribution in [0.25, 0.3) is 0 Å². The van der Waals surface area contributed by atoms with E-state index in [0.717, 1.165) is 45.0 Å². The Hall–Kier alpha value is -2.40. The fourth-order valence-electron chi connectivity index (χ4n) is 3.07. The summed E-state index contributed by atoms with van der Waals surface area (Å²) in [6.45, 7) is 4.47. The van der Waals surface area contributed by atoms with Crippen LogP contribution in [0.4, 0.5) is 5.82 Å². The van der Waals surface area contributed by atoms with Crippen molar-refractivity contribution in [3.63, 3.8) is 0 Å². The molecule has 1 aromatic carbocycles. The molecule has 0 atom stereocenters. The molecule has 1 fully saturated rings. The summed E-state index contributed by atoms with van der Waals surface area (Å²) in [5, 5.41) is 0. The van der Waals surface area contributed by atoms with E-state index in [0.29, 0.717) is 5.56 Å². The summed E-state index contributed by atoms with van der Waals surface area (Å²) >= 11 is 0. The first-order valence-electron chi connectivity index (χ1n) is 8.82. The number of piperazine rings is 1. The third-order valence-electron chi connectivity index (χ3n) is 4.67. The zero-order valence-corrected chi connectivity index (χ0v) is 15.1. The van der Waals surface area contributed by atoms with Gasteiger partial charge in [0.2, 0.25) is 0 Å². The van der Waals surface area contributed by atoms with Crippen molar-refractivity contribution in [2.75, 3.05) is 51.7 Å². The summed E-state index contributed by atoms with van der Waals surface area (Å²) in [7, 11) is 3.89. The molecule has 1 amide bonds. The number of nitrogens with zero attached hydrogens (tertiary/aromatic N) is 4. The van der Waals surface area contributed by atoms with Crippen LogP contribution in [0.1, 0.15) is 15.9 Å². The molecule has 25 heavy (non-hydrogen) atoms. The van der Waals surface area contributed by atoms with Crippen LogP contribution in [0.15, 0.2) is 48.7 Å². The van der Waals surface area contributed by atoms with E-state index in [-0.39, 0.29) is 5.91 Å². The molecule has 5 nitrogen and oxygen atoms in total. The molecule has 0 aliphatic carbocycles. The molecule has 0 bridgehead atoms. The van der Waals surface area contributed by atoms with Crippen molar-refractivity contribution in [1.29, 1.82) is 0 Å². The predicted octanol–water partition coefficient (Wildman–Crippen LogP) is 2.15. The Morgan fingerprint density at radius 1 is 1.04 bits per heavy atom. The highest BCUT2D eigenvalue weighted by molar-refractivity contribution is 5.94. The van der Waals surface area contributed by atoms with Gasteiger partial charge < -0.3 is 9.80 Å². The molecule has 1 saturated heterocycles. The van der Waals surface area contributed by atoms with Gasteiger partial charge in [-0.2, -0.15) is 0 Å². The van der Waals surface area contributed by atoms with Crippen LogP contribution in [0.5, 0.6) is 0 Å². The number of benzene rings is 1. The first-order chi connectivity index (χ1) is 12.1. The second kappa shape index (κ2) is 8.12. The summed E-state index contributed by atoms with van der Waals surface area (Å²) in [6.07, 6.45) is 2.74. The molecule has 0 saturated carbocycles. The van der Waals surface area contributed by atoms with Crippen molar-refractivity contribution in [2.24, 2.45) is 0 Å². The third-order valence-corrected chi connectivity index (χ3v) is 4.67. The van der Waals surface area contributed by atoms with Crippen LogP contribution in [0, 0.1) is 0 Å². The van der Waals surface area contributed by atoms with Crippen molar-refractivity contribution < 1.29 is 4.79 Å². The molecular formula is C20H26N4O.